The predicted octanol–water partition coefficient (Wildman–Crippen LogP) is 2.13. The van der Waals surface area contributed by atoms with E-state index in [1.807, 2.05) is 0 Å². The number of rotatable bonds is 1. The molecule has 0 aromatic heterocycles. The lowest BCUT2D eigenvalue weighted by molar-refractivity contribution is 0.286. The Morgan fingerprint density at radius 1 is 1.45 bits per heavy atom. The Morgan fingerprint density at radius 2 is 2.27 bits per heavy atom. The van der Waals surface area contributed by atoms with E-state index in [0.717, 1.165) is 17.9 Å². The van der Waals surface area contributed by atoms with Crippen molar-refractivity contribution in [1.82, 2.24) is 4.90 Å². The molecular weight excluding hydrogens is 134 g/mol. The third-order valence-electron chi connectivity index (χ3n) is 3.51. The average Bonchev–Trinajstić information content (AvgIpc) is 2.45. The van der Waals surface area contributed by atoms with Crippen LogP contribution >= 0.6 is 0 Å². The van der Waals surface area contributed by atoms with Gasteiger partial charge in [-0.05, 0) is 31.2 Å². The molecular formula is C10H19N. The molecule has 2 rings (SSSR count). The smallest absolute Gasteiger partial charge is 0.0127 e. The van der Waals surface area contributed by atoms with E-state index in [9.17, 15) is 0 Å². The molecule has 0 N–H and O–H groups in total. The molecule has 0 radical (unpaired) electrons. The summed E-state index contributed by atoms with van der Waals surface area (Å²) in [6, 6.07) is 0.968. The van der Waals surface area contributed by atoms with Gasteiger partial charge in [0.25, 0.3) is 0 Å². The van der Waals surface area contributed by atoms with Gasteiger partial charge in [-0.3, -0.25) is 4.90 Å². The van der Waals surface area contributed by atoms with Crippen molar-refractivity contribution in [3.8, 4) is 0 Å². The Hall–Kier alpha value is -0.0400. The molecule has 3 atom stereocenters. The van der Waals surface area contributed by atoms with Gasteiger partial charge in [0.1, 0.15) is 0 Å². The second-order valence-electron chi connectivity index (χ2n) is 4.36. The van der Waals surface area contributed by atoms with Crippen molar-refractivity contribution in [2.75, 3.05) is 13.1 Å². The number of hydrogen-bond acceptors (Lipinski definition) is 1. The molecule has 11 heavy (non-hydrogen) atoms. The summed E-state index contributed by atoms with van der Waals surface area (Å²) in [6.45, 7) is 7.50. The molecule has 2 aliphatic rings. The summed E-state index contributed by atoms with van der Waals surface area (Å²) in [5.74, 6) is 1.99. The summed E-state index contributed by atoms with van der Waals surface area (Å²) in [7, 11) is 0. The first kappa shape index (κ1) is 7.60. The van der Waals surface area contributed by atoms with E-state index in [4.69, 9.17) is 0 Å². The number of hydrogen-bond donors (Lipinski definition) is 0. The van der Waals surface area contributed by atoms with Crippen LogP contribution in [0, 0.1) is 11.8 Å². The quantitative estimate of drug-likeness (QED) is 0.558. The summed E-state index contributed by atoms with van der Waals surface area (Å²) in [5, 5.41) is 0. The standard InChI is InChI=1S/C10H19N/c1-3-9-4-5-11-7-8(2)6-10(9)11/h8-10H,3-7H2,1-2H3. The monoisotopic (exact) mass is 153 g/mol. The third kappa shape index (κ3) is 1.20. The highest BCUT2D eigenvalue weighted by Crippen LogP contribution is 2.36. The summed E-state index contributed by atoms with van der Waals surface area (Å²) >= 11 is 0. The molecule has 1 heteroatoms. The van der Waals surface area contributed by atoms with Gasteiger partial charge in [0.05, 0.1) is 0 Å². The van der Waals surface area contributed by atoms with Gasteiger partial charge >= 0.3 is 0 Å². The molecule has 2 heterocycles. The van der Waals surface area contributed by atoms with Crippen LogP contribution in [0.3, 0.4) is 0 Å². The normalized spacial score (nSPS) is 44.7. The third-order valence-corrected chi connectivity index (χ3v) is 3.51. The van der Waals surface area contributed by atoms with Crippen LogP contribution in [0.1, 0.15) is 33.1 Å². The van der Waals surface area contributed by atoms with E-state index in [1.165, 1.54) is 32.4 Å². The Kier molecular flexibility index (Phi) is 1.92. The van der Waals surface area contributed by atoms with Gasteiger partial charge in [0.15, 0.2) is 0 Å². The van der Waals surface area contributed by atoms with Crippen molar-refractivity contribution < 1.29 is 0 Å². The Labute approximate surface area is 69.8 Å². The molecule has 2 aliphatic heterocycles. The van der Waals surface area contributed by atoms with Crippen molar-refractivity contribution in [1.29, 1.82) is 0 Å². The molecule has 0 bridgehead atoms. The van der Waals surface area contributed by atoms with Crippen LogP contribution < -0.4 is 0 Å². The highest BCUT2D eigenvalue weighted by molar-refractivity contribution is 4.92. The van der Waals surface area contributed by atoms with Gasteiger partial charge < -0.3 is 0 Å². The van der Waals surface area contributed by atoms with Crippen molar-refractivity contribution in [2.24, 2.45) is 11.8 Å². The van der Waals surface area contributed by atoms with Crippen molar-refractivity contribution in [2.45, 2.75) is 39.2 Å². The SMILES string of the molecule is CCC1CCN2CC(C)CC12. The molecule has 0 aromatic carbocycles. The number of fused-ring (bicyclic) bond motifs is 1. The summed E-state index contributed by atoms with van der Waals surface area (Å²) in [5.41, 5.74) is 0. The van der Waals surface area contributed by atoms with E-state index in [1.54, 1.807) is 0 Å². The van der Waals surface area contributed by atoms with Gasteiger partial charge in [-0.15, -0.1) is 0 Å². The molecule has 0 aliphatic carbocycles. The van der Waals surface area contributed by atoms with Gasteiger partial charge in [-0.2, -0.15) is 0 Å². The fourth-order valence-corrected chi connectivity index (χ4v) is 2.92. The molecule has 1 nitrogen and oxygen atoms in total. The highest BCUT2D eigenvalue weighted by atomic mass is 15.2. The fourth-order valence-electron chi connectivity index (χ4n) is 2.92. The zero-order valence-electron chi connectivity index (χ0n) is 7.71. The maximum atomic E-state index is 2.71. The van der Waals surface area contributed by atoms with Crippen LogP contribution in [-0.2, 0) is 0 Å². The maximum Gasteiger partial charge on any atom is 0.0127 e. The van der Waals surface area contributed by atoms with Gasteiger partial charge in [0, 0.05) is 12.6 Å². The summed E-state index contributed by atoms with van der Waals surface area (Å²) in [6.07, 6.45) is 4.33. The Balaban J connectivity index is 2.01. The Morgan fingerprint density at radius 3 is 3.00 bits per heavy atom. The molecule has 0 amide bonds. The van der Waals surface area contributed by atoms with Crippen molar-refractivity contribution >= 4 is 0 Å². The van der Waals surface area contributed by atoms with Crippen LogP contribution in [0.15, 0.2) is 0 Å². The molecule has 2 saturated heterocycles. The lowest BCUT2D eigenvalue weighted by atomic mass is 9.93. The minimum absolute atomic E-state index is 0.967. The second-order valence-corrected chi connectivity index (χ2v) is 4.36. The lowest BCUT2D eigenvalue weighted by Gasteiger charge is -2.18. The van der Waals surface area contributed by atoms with Gasteiger partial charge in [-0.1, -0.05) is 20.3 Å². The second kappa shape index (κ2) is 2.78. The van der Waals surface area contributed by atoms with E-state index < -0.39 is 0 Å². The largest absolute Gasteiger partial charge is 0.300 e. The van der Waals surface area contributed by atoms with Crippen LogP contribution in [0.5, 0.6) is 0 Å². The van der Waals surface area contributed by atoms with Crippen molar-refractivity contribution in [3.05, 3.63) is 0 Å². The zero-order chi connectivity index (χ0) is 7.84. The summed E-state index contributed by atoms with van der Waals surface area (Å²) in [4.78, 5) is 2.71. The first-order valence-corrected chi connectivity index (χ1v) is 5.05. The maximum absolute atomic E-state index is 2.71. The summed E-state index contributed by atoms with van der Waals surface area (Å²) < 4.78 is 0. The van der Waals surface area contributed by atoms with E-state index in [-0.39, 0.29) is 0 Å². The first-order valence-electron chi connectivity index (χ1n) is 5.05. The van der Waals surface area contributed by atoms with Gasteiger partial charge in [0.2, 0.25) is 0 Å². The minimum Gasteiger partial charge on any atom is -0.300 e. The van der Waals surface area contributed by atoms with E-state index >= 15 is 0 Å². The topological polar surface area (TPSA) is 3.24 Å². The zero-order valence-corrected chi connectivity index (χ0v) is 7.71. The van der Waals surface area contributed by atoms with Crippen molar-refractivity contribution in [3.63, 3.8) is 0 Å². The number of nitrogens with zero attached hydrogens (tertiary/aromatic N) is 1. The van der Waals surface area contributed by atoms with Crippen LogP contribution in [0.2, 0.25) is 0 Å². The Bertz CT molecular complexity index is 142. The van der Waals surface area contributed by atoms with E-state index in [0.29, 0.717) is 0 Å². The molecule has 0 spiro atoms. The molecule has 0 saturated carbocycles. The van der Waals surface area contributed by atoms with Crippen LogP contribution in [0.25, 0.3) is 0 Å². The van der Waals surface area contributed by atoms with E-state index in [2.05, 4.69) is 18.7 Å². The van der Waals surface area contributed by atoms with Gasteiger partial charge in [-0.25, -0.2) is 0 Å². The molecule has 3 unspecified atom stereocenters. The highest BCUT2D eigenvalue weighted by Gasteiger charge is 2.38. The van der Waals surface area contributed by atoms with Crippen LogP contribution in [0.4, 0.5) is 0 Å². The first-order chi connectivity index (χ1) is 5.31. The lowest BCUT2D eigenvalue weighted by Crippen LogP contribution is -2.25. The fraction of sp³-hybridized carbons (Fsp3) is 1.00. The molecule has 0 aromatic rings. The minimum atomic E-state index is 0.967. The molecule has 64 valence electrons. The molecule has 2 fully saturated rings. The van der Waals surface area contributed by atoms with Crippen LogP contribution in [-0.4, -0.2) is 24.0 Å². The predicted molar refractivity (Wildman–Crippen MR) is 47.5 cm³/mol. The average molecular weight is 153 g/mol.